The zero-order valence-corrected chi connectivity index (χ0v) is 33.6. The predicted molar refractivity (Wildman–Crippen MR) is 221 cm³/mol. The Morgan fingerprint density at radius 1 is 1.02 bits per heavy atom. The number of aliphatic imine (C=N–C) groups is 1. The molecule has 1 atom stereocenters. The Bertz CT molecular complexity index is 2070. The molecule has 4 nitrogen and oxygen atoms in total. The van der Waals surface area contributed by atoms with Crippen LogP contribution in [0, 0.1) is 19.1 Å². The van der Waals surface area contributed by atoms with Crippen LogP contribution in [0.1, 0.15) is 45.7 Å². The van der Waals surface area contributed by atoms with Gasteiger partial charge in [-0.15, -0.1) is 18.7 Å². The van der Waals surface area contributed by atoms with Gasteiger partial charge < -0.3 is 16.4 Å². The summed E-state index contributed by atoms with van der Waals surface area (Å²) in [6.07, 6.45) is 22.4. The number of hydrogen-bond acceptors (Lipinski definition) is 4. The number of benzene rings is 4. The quantitative estimate of drug-likeness (QED) is 0.0886. The molecule has 4 N–H and O–H groups in total. The van der Waals surface area contributed by atoms with Crippen molar-refractivity contribution in [3.8, 4) is 0 Å². The van der Waals surface area contributed by atoms with Crippen LogP contribution in [0.5, 0.6) is 0 Å². The minimum Gasteiger partial charge on any atom is -0.384 e. The van der Waals surface area contributed by atoms with Crippen molar-refractivity contribution in [2.45, 2.75) is 30.7 Å². The SMILES string of the molecule is C=C[C-]=C(C=C)c1[c-]cc(N2/C=C\C=C/C(=C)c3c(C)cccc32)cc1.CN=C(N)c1ccccc1.NCc1cccc2c1SC1=CC=CCC12.[Y]. The second-order valence-electron chi connectivity index (χ2n) is 11.9. The molecular weight excluding hydrogens is 730 g/mol. The number of nitrogens with zero attached hydrogens (tertiary/aromatic N) is 2. The summed E-state index contributed by atoms with van der Waals surface area (Å²) in [4.78, 5) is 8.89. The van der Waals surface area contributed by atoms with Crippen LogP contribution in [-0.4, -0.2) is 12.9 Å². The number of hydrogen-bond donors (Lipinski definition) is 2. The number of rotatable bonds is 6. The standard InChI is InChI=1S/C25H21N.C13H13NS.C8H10N2.Y/c1-5-10-21(6-2)22-14-16-23(17-15-22)26-18-8-7-11-19(3)25-20(4)12-9-13-24(25)26;14-8-9-4-3-6-11-10-5-1-2-7-12(10)15-13(9)11;1-10-8(9)7-5-3-2-4-6-7;/h5-9,11-14,16-18H,1-3H2,4H3;1-4,6-7,10H,5,8,14H2;2-6H,1H3,(H2,9,10);/q-2;;;/b11-7-,18-8-;;;. The molecule has 2 aliphatic heterocycles. The topological polar surface area (TPSA) is 67.6 Å². The smallest absolute Gasteiger partial charge is 0.125 e. The Morgan fingerprint density at radius 2 is 1.81 bits per heavy atom. The normalized spacial score (nSPS) is 16.8. The van der Waals surface area contributed by atoms with E-state index in [0.29, 0.717) is 18.3 Å². The molecule has 0 fully saturated rings. The van der Waals surface area contributed by atoms with Gasteiger partial charge in [0, 0.05) is 73.9 Å². The molecule has 1 radical (unpaired) electrons. The van der Waals surface area contributed by atoms with E-state index in [0.717, 1.165) is 45.6 Å². The second-order valence-corrected chi connectivity index (χ2v) is 13.0. The van der Waals surface area contributed by atoms with Crippen LogP contribution < -0.4 is 16.4 Å². The van der Waals surface area contributed by atoms with Gasteiger partial charge in [-0.1, -0.05) is 109 Å². The third-order valence-electron chi connectivity index (χ3n) is 8.67. The van der Waals surface area contributed by atoms with Gasteiger partial charge in [-0.25, -0.2) is 11.1 Å². The fourth-order valence-electron chi connectivity index (χ4n) is 6.07. The van der Waals surface area contributed by atoms with Crippen molar-refractivity contribution in [2.75, 3.05) is 11.9 Å². The number of allylic oxidation sites excluding steroid dienone is 12. The van der Waals surface area contributed by atoms with E-state index in [1.165, 1.54) is 26.5 Å². The third-order valence-corrected chi connectivity index (χ3v) is 10.0. The molecule has 4 aromatic rings. The zero-order valence-electron chi connectivity index (χ0n) is 29.9. The van der Waals surface area contributed by atoms with Gasteiger partial charge in [-0.05, 0) is 64.5 Å². The van der Waals surface area contributed by atoms with E-state index in [2.05, 4.69) is 116 Å². The number of nitrogens with two attached hydrogens (primary N) is 2. The number of anilines is 2. The summed E-state index contributed by atoms with van der Waals surface area (Å²) in [6.45, 7) is 14.5. The molecule has 0 spiro atoms. The van der Waals surface area contributed by atoms with Crippen LogP contribution in [0.2, 0.25) is 0 Å². The fraction of sp³-hybridized carbons (Fsp3) is 0.109. The average molecular weight is 774 g/mol. The first-order valence-electron chi connectivity index (χ1n) is 16.9. The van der Waals surface area contributed by atoms with Gasteiger partial charge in [0.15, 0.2) is 0 Å². The Kier molecular flexibility index (Phi) is 15.4. The molecule has 2 heterocycles. The second kappa shape index (κ2) is 19.9. The molecular formula is C46H44N4SY-2. The molecule has 52 heavy (non-hydrogen) atoms. The van der Waals surface area contributed by atoms with Gasteiger partial charge >= 0.3 is 0 Å². The summed E-state index contributed by atoms with van der Waals surface area (Å²) >= 11 is 1.90. The fourth-order valence-corrected chi connectivity index (χ4v) is 7.43. The van der Waals surface area contributed by atoms with E-state index in [9.17, 15) is 0 Å². The van der Waals surface area contributed by atoms with Crippen molar-refractivity contribution < 1.29 is 32.7 Å². The maximum atomic E-state index is 5.76. The van der Waals surface area contributed by atoms with Crippen LogP contribution in [0.25, 0.3) is 11.1 Å². The van der Waals surface area contributed by atoms with Crippen molar-refractivity contribution >= 4 is 40.1 Å². The first kappa shape index (κ1) is 40.3. The van der Waals surface area contributed by atoms with E-state index in [4.69, 9.17) is 11.5 Å². The molecule has 1 aliphatic carbocycles. The minimum absolute atomic E-state index is 0. The van der Waals surface area contributed by atoms with Crippen LogP contribution in [0.15, 0.2) is 174 Å². The molecule has 0 aromatic heterocycles. The summed E-state index contributed by atoms with van der Waals surface area (Å²) in [6, 6.07) is 31.9. The van der Waals surface area contributed by atoms with Gasteiger partial charge in [-0.2, -0.15) is 36.9 Å². The van der Waals surface area contributed by atoms with Gasteiger partial charge in [0.1, 0.15) is 5.84 Å². The van der Waals surface area contributed by atoms with Crippen molar-refractivity contribution in [1.82, 2.24) is 0 Å². The molecule has 259 valence electrons. The minimum atomic E-state index is 0. The maximum Gasteiger partial charge on any atom is 0.125 e. The summed E-state index contributed by atoms with van der Waals surface area (Å²) in [5.74, 6) is 1.18. The largest absolute Gasteiger partial charge is 0.384 e. The van der Waals surface area contributed by atoms with E-state index in [-0.39, 0.29) is 32.7 Å². The summed E-state index contributed by atoms with van der Waals surface area (Å²) in [5.41, 5.74) is 22.4. The average Bonchev–Trinajstić information content (AvgIpc) is 3.56. The third kappa shape index (κ3) is 9.67. The number of thioether (sulfide) groups is 1. The van der Waals surface area contributed by atoms with Crippen LogP contribution in [0.3, 0.4) is 0 Å². The number of aryl methyl sites for hydroxylation is 1. The van der Waals surface area contributed by atoms with Crippen molar-refractivity contribution in [3.63, 3.8) is 0 Å². The molecule has 4 aromatic carbocycles. The summed E-state index contributed by atoms with van der Waals surface area (Å²) in [5, 5.41) is 0. The van der Waals surface area contributed by atoms with Crippen molar-refractivity contribution in [3.05, 3.63) is 210 Å². The van der Waals surface area contributed by atoms with E-state index in [1.807, 2.05) is 72.5 Å². The van der Waals surface area contributed by atoms with Gasteiger partial charge in [-0.3, -0.25) is 4.99 Å². The monoisotopic (exact) mass is 773 g/mol. The summed E-state index contributed by atoms with van der Waals surface area (Å²) < 4.78 is 0. The molecule has 0 saturated heterocycles. The molecule has 0 amide bonds. The van der Waals surface area contributed by atoms with Crippen LogP contribution in [0.4, 0.5) is 11.4 Å². The molecule has 3 aliphatic rings. The predicted octanol–water partition coefficient (Wildman–Crippen LogP) is 10.8. The molecule has 6 heteroatoms. The number of fused-ring (bicyclic) bond motifs is 4. The number of amidine groups is 1. The van der Waals surface area contributed by atoms with Gasteiger partial charge in [0.05, 0.1) is 0 Å². The first-order chi connectivity index (χ1) is 24.9. The molecule has 0 saturated carbocycles. The Hall–Kier alpha value is -4.52. The van der Waals surface area contributed by atoms with Gasteiger partial charge in [0.25, 0.3) is 0 Å². The molecule has 0 bridgehead atoms. The van der Waals surface area contributed by atoms with Crippen molar-refractivity contribution in [2.24, 2.45) is 16.5 Å². The van der Waals surface area contributed by atoms with E-state index in [1.54, 1.807) is 19.2 Å². The van der Waals surface area contributed by atoms with Crippen LogP contribution in [-0.2, 0) is 39.3 Å². The maximum absolute atomic E-state index is 5.76. The Balaban J connectivity index is 0.000000195. The van der Waals surface area contributed by atoms with E-state index >= 15 is 0 Å². The Labute approximate surface area is 339 Å². The van der Waals surface area contributed by atoms with E-state index < -0.39 is 0 Å². The van der Waals surface area contributed by atoms with Gasteiger partial charge in [0.2, 0.25) is 0 Å². The summed E-state index contributed by atoms with van der Waals surface area (Å²) in [7, 11) is 1.68. The first-order valence-corrected chi connectivity index (χ1v) is 17.7. The molecule has 1 unspecified atom stereocenters. The van der Waals surface area contributed by atoms with Crippen molar-refractivity contribution in [1.29, 1.82) is 0 Å². The zero-order chi connectivity index (χ0) is 36.2. The van der Waals surface area contributed by atoms with Crippen LogP contribution >= 0.6 is 11.8 Å². The Morgan fingerprint density at radius 3 is 2.50 bits per heavy atom. The molecule has 7 rings (SSSR count).